The maximum absolute atomic E-state index is 11.5. The van der Waals surface area contributed by atoms with Crippen molar-refractivity contribution in [3.63, 3.8) is 0 Å². The number of pyridine rings is 1. The van der Waals surface area contributed by atoms with Crippen LogP contribution in [0, 0.1) is 5.92 Å². The minimum absolute atomic E-state index is 0.00257. The number of primary amides is 1. The molecule has 2 N–H and O–H groups in total. The second-order valence-electron chi connectivity index (χ2n) is 5.60. The number of amides is 1. The van der Waals surface area contributed by atoms with Gasteiger partial charge in [0.05, 0.1) is 5.56 Å². The molecule has 18 heavy (non-hydrogen) atoms. The van der Waals surface area contributed by atoms with Gasteiger partial charge in [-0.2, -0.15) is 0 Å². The van der Waals surface area contributed by atoms with E-state index in [9.17, 15) is 4.79 Å². The first-order chi connectivity index (χ1) is 8.31. The summed E-state index contributed by atoms with van der Waals surface area (Å²) in [6.45, 7) is 7.45. The smallest absolute Gasteiger partial charge is 0.252 e. The lowest BCUT2D eigenvalue weighted by molar-refractivity contribution is 0.100. The molecule has 4 nitrogen and oxygen atoms in total. The van der Waals surface area contributed by atoms with Crippen LogP contribution in [0.25, 0.3) is 0 Å². The van der Waals surface area contributed by atoms with Crippen molar-refractivity contribution in [1.29, 1.82) is 0 Å². The molecule has 1 fully saturated rings. The van der Waals surface area contributed by atoms with Crippen LogP contribution in [-0.4, -0.2) is 23.0 Å². The van der Waals surface area contributed by atoms with Crippen LogP contribution in [-0.2, 0) is 0 Å². The Balaban J connectivity index is 2.50. The van der Waals surface area contributed by atoms with Crippen molar-refractivity contribution in [2.75, 3.05) is 11.4 Å². The summed E-state index contributed by atoms with van der Waals surface area (Å²) in [6, 6.07) is 3.48. The Labute approximate surface area is 116 Å². The van der Waals surface area contributed by atoms with E-state index in [1.165, 1.54) is 0 Å². The Hall–Kier alpha value is -1.10. The fourth-order valence-corrected chi connectivity index (χ4v) is 3.08. The number of nitrogens with zero attached hydrogens (tertiary/aromatic N) is 2. The van der Waals surface area contributed by atoms with Crippen molar-refractivity contribution in [2.24, 2.45) is 11.7 Å². The lowest BCUT2D eigenvalue weighted by atomic mass is 9.97. The van der Waals surface area contributed by atoms with Gasteiger partial charge in [0, 0.05) is 12.1 Å². The molecular formula is C13H18BrN3O. The average molecular weight is 312 g/mol. The minimum atomic E-state index is -0.430. The molecule has 2 heterocycles. The number of rotatable bonds is 2. The second kappa shape index (κ2) is 4.53. The second-order valence-corrected chi connectivity index (χ2v) is 6.41. The monoisotopic (exact) mass is 311 g/mol. The molecule has 0 saturated carbocycles. The highest BCUT2D eigenvalue weighted by molar-refractivity contribution is 9.10. The Morgan fingerprint density at radius 1 is 1.56 bits per heavy atom. The zero-order valence-corrected chi connectivity index (χ0v) is 12.5. The summed E-state index contributed by atoms with van der Waals surface area (Å²) in [5, 5.41) is 0. The quantitative estimate of drug-likeness (QED) is 0.854. The minimum Gasteiger partial charge on any atom is -0.365 e. The summed E-state index contributed by atoms with van der Waals surface area (Å²) in [5.41, 5.74) is 5.92. The molecule has 1 amide bonds. The lowest BCUT2D eigenvalue weighted by Gasteiger charge is -2.33. The van der Waals surface area contributed by atoms with E-state index >= 15 is 0 Å². The van der Waals surface area contributed by atoms with Crippen LogP contribution in [0.4, 0.5) is 5.82 Å². The molecule has 1 aliphatic rings. The third-order valence-electron chi connectivity index (χ3n) is 3.44. The number of nitrogens with two attached hydrogens (primary N) is 1. The van der Waals surface area contributed by atoms with Crippen LogP contribution in [0.15, 0.2) is 16.7 Å². The largest absolute Gasteiger partial charge is 0.365 e. The molecule has 1 aliphatic heterocycles. The SMILES string of the molecule is CC1CN(c2nc(Br)ccc2C(N)=O)C(C)(C)C1. The summed E-state index contributed by atoms with van der Waals surface area (Å²) < 4.78 is 0.720. The summed E-state index contributed by atoms with van der Waals surface area (Å²) in [7, 11) is 0. The molecule has 2 rings (SSSR count). The summed E-state index contributed by atoms with van der Waals surface area (Å²) in [6.07, 6.45) is 1.08. The lowest BCUT2D eigenvalue weighted by Crippen LogP contribution is -2.40. The van der Waals surface area contributed by atoms with E-state index in [2.05, 4.69) is 46.6 Å². The van der Waals surface area contributed by atoms with E-state index in [0.717, 1.165) is 17.6 Å². The van der Waals surface area contributed by atoms with Crippen molar-refractivity contribution in [1.82, 2.24) is 4.98 Å². The van der Waals surface area contributed by atoms with Crippen molar-refractivity contribution in [3.05, 3.63) is 22.3 Å². The van der Waals surface area contributed by atoms with Gasteiger partial charge < -0.3 is 10.6 Å². The Kier molecular flexibility index (Phi) is 3.36. The van der Waals surface area contributed by atoms with Crippen molar-refractivity contribution < 1.29 is 4.79 Å². The van der Waals surface area contributed by atoms with Gasteiger partial charge in [-0.3, -0.25) is 4.79 Å². The molecule has 5 heteroatoms. The van der Waals surface area contributed by atoms with Gasteiger partial charge in [-0.15, -0.1) is 0 Å². The van der Waals surface area contributed by atoms with Crippen LogP contribution in [0.5, 0.6) is 0 Å². The number of halogens is 1. The first-order valence-electron chi connectivity index (χ1n) is 6.05. The molecule has 0 aromatic carbocycles. The molecule has 1 saturated heterocycles. The van der Waals surface area contributed by atoms with E-state index in [4.69, 9.17) is 5.73 Å². The van der Waals surface area contributed by atoms with Gasteiger partial charge in [-0.25, -0.2) is 4.98 Å². The number of hydrogen-bond donors (Lipinski definition) is 1. The highest BCUT2D eigenvalue weighted by Crippen LogP contribution is 2.37. The van der Waals surface area contributed by atoms with Gasteiger partial charge in [-0.1, -0.05) is 6.92 Å². The van der Waals surface area contributed by atoms with E-state index in [0.29, 0.717) is 17.3 Å². The molecular weight excluding hydrogens is 294 g/mol. The van der Waals surface area contributed by atoms with Gasteiger partial charge in [0.25, 0.3) is 5.91 Å². The van der Waals surface area contributed by atoms with Gasteiger partial charge in [-0.05, 0) is 54.2 Å². The fraction of sp³-hybridized carbons (Fsp3) is 0.538. The maximum atomic E-state index is 11.5. The summed E-state index contributed by atoms with van der Waals surface area (Å²) >= 11 is 3.36. The van der Waals surface area contributed by atoms with E-state index in [-0.39, 0.29) is 5.54 Å². The predicted molar refractivity (Wildman–Crippen MR) is 75.7 cm³/mol. The number of carbonyl (C=O) groups is 1. The molecule has 0 bridgehead atoms. The first-order valence-corrected chi connectivity index (χ1v) is 6.84. The number of aromatic nitrogens is 1. The Morgan fingerprint density at radius 3 is 2.72 bits per heavy atom. The Bertz CT molecular complexity index is 487. The predicted octanol–water partition coefficient (Wildman–Crippen LogP) is 2.57. The molecule has 0 aliphatic carbocycles. The fourth-order valence-electron chi connectivity index (χ4n) is 2.78. The van der Waals surface area contributed by atoms with E-state index in [1.54, 1.807) is 12.1 Å². The van der Waals surface area contributed by atoms with Crippen molar-refractivity contribution in [3.8, 4) is 0 Å². The van der Waals surface area contributed by atoms with E-state index < -0.39 is 5.91 Å². The molecule has 1 aromatic heterocycles. The third kappa shape index (κ3) is 2.36. The van der Waals surface area contributed by atoms with Crippen LogP contribution < -0.4 is 10.6 Å². The zero-order chi connectivity index (χ0) is 13.5. The normalized spacial score (nSPS) is 22.2. The maximum Gasteiger partial charge on any atom is 0.252 e. The average Bonchev–Trinajstić information content (AvgIpc) is 2.51. The van der Waals surface area contributed by atoms with Gasteiger partial charge >= 0.3 is 0 Å². The molecule has 1 aromatic rings. The first kappa shape index (κ1) is 13.3. The van der Waals surface area contributed by atoms with Crippen LogP contribution >= 0.6 is 15.9 Å². The molecule has 98 valence electrons. The van der Waals surface area contributed by atoms with Crippen LogP contribution in [0.1, 0.15) is 37.6 Å². The standard InChI is InChI=1S/C13H18BrN3O/c1-8-6-13(2,3)17(7-8)12-9(11(15)18)4-5-10(14)16-12/h4-5,8H,6-7H2,1-3H3,(H2,15,18). The number of hydrogen-bond acceptors (Lipinski definition) is 3. The van der Waals surface area contributed by atoms with Crippen LogP contribution in [0.2, 0.25) is 0 Å². The Morgan fingerprint density at radius 2 is 2.22 bits per heavy atom. The molecule has 1 atom stereocenters. The van der Waals surface area contributed by atoms with Gasteiger partial charge in [0.1, 0.15) is 10.4 Å². The number of carbonyl (C=O) groups excluding carboxylic acids is 1. The number of anilines is 1. The topological polar surface area (TPSA) is 59.2 Å². The zero-order valence-electron chi connectivity index (χ0n) is 10.9. The molecule has 0 radical (unpaired) electrons. The van der Waals surface area contributed by atoms with Crippen molar-refractivity contribution >= 4 is 27.7 Å². The van der Waals surface area contributed by atoms with E-state index in [1.807, 2.05) is 0 Å². The van der Waals surface area contributed by atoms with Gasteiger partial charge in [0.15, 0.2) is 0 Å². The third-order valence-corrected chi connectivity index (χ3v) is 3.88. The molecule has 0 spiro atoms. The van der Waals surface area contributed by atoms with Crippen LogP contribution in [0.3, 0.4) is 0 Å². The highest BCUT2D eigenvalue weighted by atomic mass is 79.9. The summed E-state index contributed by atoms with van der Waals surface area (Å²) in [5.74, 6) is 0.841. The highest BCUT2D eigenvalue weighted by Gasteiger charge is 2.38. The van der Waals surface area contributed by atoms with Gasteiger partial charge in [0.2, 0.25) is 0 Å². The molecule has 1 unspecified atom stereocenters. The summed E-state index contributed by atoms with van der Waals surface area (Å²) in [4.78, 5) is 18.2. The van der Waals surface area contributed by atoms with Crippen molar-refractivity contribution in [2.45, 2.75) is 32.7 Å².